The highest BCUT2D eigenvalue weighted by atomic mass is 16.3. The first-order chi connectivity index (χ1) is 25.5. The molecule has 9 aromatic carbocycles. The van der Waals surface area contributed by atoms with Crippen LogP contribution in [0, 0.1) is 0 Å². The van der Waals surface area contributed by atoms with Crippen LogP contribution in [0.4, 0.5) is 0 Å². The quantitative estimate of drug-likeness (QED) is 0.172. The standard InChI is InChI=1S/C51H34O/c1-51(2)44-20-10-9-14-36(44)37-27-26-35(29-45(37)51)31-22-24-32(25-23-31)48-38-15-5-7-17-40(38)49(41-18-8-6-16-39(41)48)42-19-11-21-46-50(42)43-28-33-12-3-4-13-34(33)30-47(43)52-46/h3-30H,1-2H3. The monoisotopic (exact) mass is 662 g/mol. The van der Waals surface area contributed by atoms with Crippen LogP contribution in [0.2, 0.25) is 0 Å². The molecule has 0 fully saturated rings. The second-order valence-corrected chi connectivity index (χ2v) is 14.8. The van der Waals surface area contributed by atoms with Gasteiger partial charge in [0.05, 0.1) is 0 Å². The highest BCUT2D eigenvalue weighted by Gasteiger charge is 2.35. The van der Waals surface area contributed by atoms with Gasteiger partial charge in [-0.2, -0.15) is 0 Å². The third-order valence-electron chi connectivity index (χ3n) is 11.7. The maximum Gasteiger partial charge on any atom is 0.136 e. The number of rotatable bonds is 3. The molecule has 1 heterocycles. The van der Waals surface area contributed by atoms with Crippen LogP contribution in [-0.2, 0) is 5.41 Å². The molecule has 1 aliphatic rings. The van der Waals surface area contributed by atoms with Crippen LogP contribution < -0.4 is 0 Å². The maximum absolute atomic E-state index is 6.54. The summed E-state index contributed by atoms with van der Waals surface area (Å²) < 4.78 is 6.54. The fourth-order valence-corrected chi connectivity index (χ4v) is 9.16. The van der Waals surface area contributed by atoms with Gasteiger partial charge in [0.1, 0.15) is 11.2 Å². The number of fused-ring (bicyclic) bond motifs is 9. The molecule has 1 heteroatoms. The molecule has 0 atom stereocenters. The van der Waals surface area contributed by atoms with E-state index in [0.717, 1.165) is 21.9 Å². The Bertz CT molecular complexity index is 3030. The van der Waals surface area contributed by atoms with Crippen molar-refractivity contribution in [3.8, 4) is 44.5 Å². The van der Waals surface area contributed by atoms with Crippen molar-refractivity contribution < 1.29 is 4.42 Å². The predicted molar refractivity (Wildman–Crippen MR) is 220 cm³/mol. The van der Waals surface area contributed by atoms with Gasteiger partial charge in [0, 0.05) is 16.2 Å². The Labute approximate surface area is 302 Å². The normalized spacial score (nSPS) is 13.3. The third-order valence-corrected chi connectivity index (χ3v) is 11.7. The van der Waals surface area contributed by atoms with Gasteiger partial charge in [0.15, 0.2) is 0 Å². The molecule has 1 nitrogen and oxygen atoms in total. The second kappa shape index (κ2) is 10.8. The predicted octanol–water partition coefficient (Wildman–Crippen LogP) is 14.4. The summed E-state index contributed by atoms with van der Waals surface area (Å²) in [7, 11) is 0. The van der Waals surface area contributed by atoms with Crippen molar-refractivity contribution in [2.75, 3.05) is 0 Å². The number of hydrogen-bond donors (Lipinski definition) is 0. The van der Waals surface area contributed by atoms with Crippen LogP contribution in [0.25, 0.3) is 98.8 Å². The van der Waals surface area contributed by atoms with Crippen LogP contribution in [0.5, 0.6) is 0 Å². The van der Waals surface area contributed by atoms with E-state index in [4.69, 9.17) is 4.42 Å². The Hall–Kier alpha value is -6.44. The smallest absolute Gasteiger partial charge is 0.136 e. The van der Waals surface area contributed by atoms with E-state index < -0.39 is 0 Å². The number of hydrogen-bond acceptors (Lipinski definition) is 1. The molecule has 0 saturated heterocycles. The van der Waals surface area contributed by atoms with E-state index in [2.05, 4.69) is 184 Å². The summed E-state index contributed by atoms with van der Waals surface area (Å²) in [6.45, 7) is 4.70. The average molecular weight is 663 g/mol. The molecule has 0 amide bonds. The first kappa shape index (κ1) is 29.3. The zero-order valence-electron chi connectivity index (χ0n) is 29.1. The topological polar surface area (TPSA) is 13.1 Å². The molecule has 0 aliphatic heterocycles. The van der Waals surface area contributed by atoms with Gasteiger partial charge in [-0.25, -0.2) is 0 Å². The van der Waals surface area contributed by atoms with Crippen molar-refractivity contribution in [3.63, 3.8) is 0 Å². The van der Waals surface area contributed by atoms with Gasteiger partial charge in [0.25, 0.3) is 0 Å². The minimum atomic E-state index is -0.0255. The Morgan fingerprint density at radius 3 is 1.65 bits per heavy atom. The summed E-state index contributed by atoms with van der Waals surface area (Å²) in [5, 5.41) is 9.69. The molecule has 0 unspecified atom stereocenters. The molecule has 0 radical (unpaired) electrons. The fourth-order valence-electron chi connectivity index (χ4n) is 9.16. The van der Waals surface area contributed by atoms with Gasteiger partial charge in [-0.05, 0) is 112 Å². The Kier molecular flexibility index (Phi) is 6.08. The zero-order chi connectivity index (χ0) is 34.6. The molecule has 1 aliphatic carbocycles. The lowest BCUT2D eigenvalue weighted by Crippen LogP contribution is -2.14. The van der Waals surface area contributed by atoms with E-state index in [1.807, 2.05) is 0 Å². The van der Waals surface area contributed by atoms with E-state index in [0.29, 0.717) is 0 Å². The van der Waals surface area contributed by atoms with Crippen LogP contribution in [0.15, 0.2) is 174 Å². The van der Waals surface area contributed by atoms with Gasteiger partial charge in [-0.1, -0.05) is 159 Å². The summed E-state index contributed by atoms with van der Waals surface area (Å²) in [6, 6.07) is 62.4. The van der Waals surface area contributed by atoms with E-state index in [9.17, 15) is 0 Å². The van der Waals surface area contributed by atoms with Crippen molar-refractivity contribution in [1.29, 1.82) is 0 Å². The lowest BCUT2D eigenvalue weighted by molar-refractivity contribution is 0.660. The molecule has 11 rings (SSSR count). The highest BCUT2D eigenvalue weighted by molar-refractivity contribution is 6.26. The first-order valence-electron chi connectivity index (χ1n) is 18.2. The molecule has 0 saturated carbocycles. The van der Waals surface area contributed by atoms with Gasteiger partial charge >= 0.3 is 0 Å². The van der Waals surface area contributed by atoms with Crippen molar-refractivity contribution >= 4 is 54.3 Å². The van der Waals surface area contributed by atoms with Crippen LogP contribution in [-0.4, -0.2) is 0 Å². The van der Waals surface area contributed by atoms with E-state index in [1.54, 1.807) is 0 Å². The third kappa shape index (κ3) is 4.11. The largest absolute Gasteiger partial charge is 0.456 e. The van der Waals surface area contributed by atoms with Gasteiger partial charge in [0.2, 0.25) is 0 Å². The molecule has 0 spiro atoms. The Morgan fingerprint density at radius 2 is 0.923 bits per heavy atom. The molecule has 1 aromatic heterocycles. The van der Waals surface area contributed by atoms with Crippen molar-refractivity contribution in [1.82, 2.24) is 0 Å². The molecule has 0 bridgehead atoms. The lowest BCUT2D eigenvalue weighted by atomic mass is 9.81. The van der Waals surface area contributed by atoms with Crippen molar-refractivity contribution in [2.24, 2.45) is 0 Å². The fraction of sp³-hybridized carbons (Fsp3) is 0.0588. The van der Waals surface area contributed by atoms with Gasteiger partial charge < -0.3 is 4.42 Å². The van der Waals surface area contributed by atoms with Crippen LogP contribution in [0.1, 0.15) is 25.0 Å². The summed E-state index contributed by atoms with van der Waals surface area (Å²) in [5.74, 6) is 0. The zero-order valence-corrected chi connectivity index (χ0v) is 29.1. The van der Waals surface area contributed by atoms with E-state index in [1.165, 1.54) is 88.0 Å². The van der Waals surface area contributed by atoms with Crippen LogP contribution >= 0.6 is 0 Å². The number of benzene rings is 9. The molecule has 10 aromatic rings. The van der Waals surface area contributed by atoms with Crippen molar-refractivity contribution in [3.05, 3.63) is 181 Å². The Balaban J connectivity index is 1.10. The highest BCUT2D eigenvalue weighted by Crippen LogP contribution is 2.50. The molecular weight excluding hydrogens is 629 g/mol. The molecular formula is C51H34O. The second-order valence-electron chi connectivity index (χ2n) is 14.8. The van der Waals surface area contributed by atoms with Gasteiger partial charge in [-0.3, -0.25) is 0 Å². The van der Waals surface area contributed by atoms with E-state index >= 15 is 0 Å². The lowest BCUT2D eigenvalue weighted by Gasteiger charge is -2.22. The molecule has 0 N–H and O–H groups in total. The average Bonchev–Trinajstić information content (AvgIpc) is 3.67. The van der Waals surface area contributed by atoms with E-state index in [-0.39, 0.29) is 5.41 Å². The number of furan rings is 1. The minimum Gasteiger partial charge on any atom is -0.456 e. The first-order valence-corrected chi connectivity index (χ1v) is 18.2. The maximum atomic E-state index is 6.54. The Morgan fingerprint density at radius 1 is 0.365 bits per heavy atom. The minimum absolute atomic E-state index is 0.0255. The van der Waals surface area contributed by atoms with Crippen LogP contribution in [0.3, 0.4) is 0 Å². The summed E-state index contributed by atoms with van der Waals surface area (Å²) in [5.41, 5.74) is 14.7. The molecule has 52 heavy (non-hydrogen) atoms. The van der Waals surface area contributed by atoms with Gasteiger partial charge in [-0.15, -0.1) is 0 Å². The van der Waals surface area contributed by atoms with Crippen molar-refractivity contribution in [2.45, 2.75) is 19.3 Å². The summed E-state index contributed by atoms with van der Waals surface area (Å²) >= 11 is 0. The molecule has 244 valence electrons. The summed E-state index contributed by atoms with van der Waals surface area (Å²) in [6.07, 6.45) is 0. The summed E-state index contributed by atoms with van der Waals surface area (Å²) in [4.78, 5) is 0. The SMILES string of the molecule is CC1(C)c2ccccc2-c2ccc(-c3ccc(-c4c5ccccc5c(-c5cccc6oc7cc8ccccc8cc7c56)c5ccccc45)cc3)cc21.